The molecular weight excluding hydrogens is 661 g/mol. The zero-order chi connectivity index (χ0) is 35.3. The molecule has 0 amide bonds. The van der Waals surface area contributed by atoms with Crippen molar-refractivity contribution in [3.8, 4) is 11.1 Å². The summed E-state index contributed by atoms with van der Waals surface area (Å²) < 4.78 is 2.48. The Morgan fingerprint density at radius 3 is 2.02 bits per heavy atom. The third kappa shape index (κ3) is 5.59. The maximum atomic E-state index is 8.86. The highest BCUT2D eigenvalue weighted by atomic mass is 32.1. The molecule has 248 valence electrons. The van der Waals surface area contributed by atoms with Gasteiger partial charge in [-0.05, 0) is 96.2 Å². The second-order valence-corrected chi connectivity index (χ2v) is 14.6. The van der Waals surface area contributed by atoms with Crippen molar-refractivity contribution in [3.05, 3.63) is 199 Å². The third-order valence-corrected chi connectivity index (χ3v) is 11.4. The van der Waals surface area contributed by atoms with Crippen LogP contribution in [0.25, 0.3) is 80.5 Å². The summed E-state index contributed by atoms with van der Waals surface area (Å²) in [6.45, 7) is 0. The predicted octanol–water partition coefficient (Wildman–Crippen LogP) is 13.9. The van der Waals surface area contributed by atoms with Crippen molar-refractivity contribution in [3.63, 3.8) is 0 Å². The Morgan fingerprint density at radius 1 is 0.453 bits per heavy atom. The van der Waals surface area contributed by atoms with Crippen LogP contribution in [0.5, 0.6) is 0 Å². The van der Waals surface area contributed by atoms with E-state index in [1.807, 2.05) is 36.4 Å². The molecule has 0 saturated heterocycles. The van der Waals surface area contributed by atoms with Gasteiger partial charge < -0.3 is 0 Å². The highest BCUT2D eigenvalue weighted by Gasteiger charge is 2.13. The number of benzene rings is 9. The molecule has 0 atom stereocenters. The summed E-state index contributed by atoms with van der Waals surface area (Å²) in [5.41, 5.74) is 6.09. The monoisotopic (exact) mass is 692 g/mol. The van der Waals surface area contributed by atoms with Crippen LogP contribution >= 0.6 is 11.3 Å². The van der Waals surface area contributed by atoms with Crippen LogP contribution in [-0.4, -0.2) is 11.5 Å². The smallest absolute Gasteiger partial charge is 0.152 e. The molecule has 0 spiro atoms. The zero-order valence-electron chi connectivity index (χ0n) is 28.8. The first-order valence-electron chi connectivity index (χ1n) is 17.9. The Kier molecular flexibility index (Phi) is 7.52. The van der Waals surface area contributed by atoms with Crippen LogP contribution in [0.4, 0.5) is 0 Å². The molecular formula is C50H32N2S. The molecule has 0 aliphatic heterocycles. The minimum atomic E-state index is 0.238. The Labute approximate surface area is 311 Å². The van der Waals surface area contributed by atoms with E-state index in [0.717, 1.165) is 22.4 Å². The Hall–Kier alpha value is -6.68. The van der Waals surface area contributed by atoms with Gasteiger partial charge in [0, 0.05) is 31.3 Å². The topological polar surface area (TPSA) is 36.2 Å². The van der Waals surface area contributed by atoms with Gasteiger partial charge in [0.15, 0.2) is 5.84 Å². The summed E-state index contributed by atoms with van der Waals surface area (Å²) in [6.07, 6.45) is 4.16. The average molecular weight is 693 g/mol. The van der Waals surface area contributed by atoms with Crippen molar-refractivity contribution in [2.75, 3.05) is 0 Å². The number of hydrogen-bond donors (Lipinski definition) is 1. The maximum absolute atomic E-state index is 8.86. The predicted molar refractivity (Wildman–Crippen MR) is 230 cm³/mol. The molecule has 0 radical (unpaired) electrons. The van der Waals surface area contributed by atoms with E-state index in [4.69, 9.17) is 10.4 Å². The van der Waals surface area contributed by atoms with Gasteiger partial charge in [-0.2, -0.15) is 0 Å². The van der Waals surface area contributed by atoms with E-state index in [1.54, 1.807) is 11.3 Å². The van der Waals surface area contributed by atoms with E-state index in [-0.39, 0.29) is 5.84 Å². The molecule has 1 heterocycles. The summed E-state index contributed by atoms with van der Waals surface area (Å²) in [6, 6.07) is 62.5. The Morgan fingerprint density at radius 2 is 1.13 bits per heavy atom. The largest absolute Gasteiger partial charge is 0.282 e. The highest BCUT2D eigenvalue weighted by molar-refractivity contribution is 7.25. The SMILES string of the molecule is N=C(N=C(/C=C/c1ccc2cc(-c3c4ccccc4cc4c3ccc3ccccc34)ccc2c1)c1ccc2c(c1)sc1ccccc12)c1ccccc1. The number of thiophene rings is 1. The van der Waals surface area contributed by atoms with Gasteiger partial charge in [-0.1, -0.05) is 152 Å². The third-order valence-electron chi connectivity index (χ3n) is 10.3. The molecule has 9 aromatic carbocycles. The first-order chi connectivity index (χ1) is 26.2. The van der Waals surface area contributed by atoms with E-state index < -0.39 is 0 Å². The van der Waals surface area contributed by atoms with E-state index in [9.17, 15) is 0 Å². The fourth-order valence-corrected chi connectivity index (χ4v) is 8.84. The lowest BCUT2D eigenvalue weighted by molar-refractivity contribution is 1.41. The molecule has 3 heteroatoms. The van der Waals surface area contributed by atoms with E-state index in [0.29, 0.717) is 0 Å². The molecule has 0 saturated carbocycles. The van der Waals surface area contributed by atoms with Gasteiger partial charge in [0.25, 0.3) is 0 Å². The normalized spacial score (nSPS) is 12.3. The summed E-state index contributed by atoms with van der Waals surface area (Å²) in [5.74, 6) is 0.238. The van der Waals surface area contributed by atoms with Crippen LogP contribution in [0.3, 0.4) is 0 Å². The molecule has 0 aliphatic carbocycles. The van der Waals surface area contributed by atoms with Crippen molar-refractivity contribution in [2.24, 2.45) is 4.99 Å². The van der Waals surface area contributed by atoms with Crippen LogP contribution in [0.15, 0.2) is 187 Å². The number of amidine groups is 1. The Balaban J connectivity index is 1.05. The molecule has 0 fully saturated rings. The molecule has 2 nitrogen and oxygen atoms in total. The van der Waals surface area contributed by atoms with Crippen molar-refractivity contribution in [1.82, 2.24) is 0 Å². The first kappa shape index (κ1) is 31.1. The van der Waals surface area contributed by atoms with Crippen LogP contribution in [0.1, 0.15) is 16.7 Å². The number of rotatable bonds is 5. The summed E-state index contributed by atoms with van der Waals surface area (Å²) >= 11 is 1.79. The van der Waals surface area contributed by atoms with Crippen molar-refractivity contribution >= 4 is 92.2 Å². The highest BCUT2D eigenvalue weighted by Crippen LogP contribution is 2.40. The number of nitrogens with zero attached hydrogens (tertiary/aromatic N) is 1. The number of nitrogens with one attached hydrogen (secondary N) is 1. The second kappa shape index (κ2) is 12.8. The molecule has 53 heavy (non-hydrogen) atoms. The van der Waals surface area contributed by atoms with Gasteiger partial charge in [0.05, 0.1) is 5.71 Å². The summed E-state index contributed by atoms with van der Waals surface area (Å²) in [7, 11) is 0. The fourth-order valence-electron chi connectivity index (χ4n) is 7.69. The van der Waals surface area contributed by atoms with Crippen molar-refractivity contribution < 1.29 is 0 Å². The summed E-state index contributed by atoms with van der Waals surface area (Å²) in [4.78, 5) is 4.89. The average Bonchev–Trinajstić information content (AvgIpc) is 3.59. The van der Waals surface area contributed by atoms with Crippen LogP contribution < -0.4 is 0 Å². The lowest BCUT2D eigenvalue weighted by atomic mass is 9.89. The number of hydrogen-bond acceptors (Lipinski definition) is 2. The van der Waals surface area contributed by atoms with Gasteiger partial charge in [-0.25, -0.2) is 4.99 Å². The van der Waals surface area contributed by atoms with Crippen molar-refractivity contribution in [1.29, 1.82) is 5.41 Å². The Bertz CT molecular complexity index is 3130. The lowest BCUT2D eigenvalue weighted by Gasteiger charge is -2.15. The molecule has 0 unspecified atom stereocenters. The van der Waals surface area contributed by atoms with Crippen LogP contribution in [0, 0.1) is 5.41 Å². The molecule has 1 aromatic heterocycles. The van der Waals surface area contributed by atoms with Gasteiger partial charge in [-0.15, -0.1) is 11.3 Å². The molecule has 0 bridgehead atoms. The van der Waals surface area contributed by atoms with E-state index in [2.05, 4.69) is 152 Å². The van der Waals surface area contributed by atoms with E-state index in [1.165, 1.54) is 74.4 Å². The molecule has 0 aliphatic rings. The first-order valence-corrected chi connectivity index (χ1v) is 18.7. The molecule has 10 rings (SSSR count). The standard InChI is InChI=1S/C50H32N2S/c51-50(34-11-2-1-3-12-34)52-46(38-24-25-43-42-16-8-9-17-47(42)53-48(43)31-38)27-19-32-18-20-36-29-39(22-21-35(36)28-32)49-41-15-7-5-13-37(41)30-45-40-14-6-4-10-33(40)23-26-44(45)49/h1-31,51H/b27-19+,51-50?,52-46?. The lowest BCUT2D eigenvalue weighted by Crippen LogP contribution is -2.03. The van der Waals surface area contributed by atoms with Gasteiger partial charge in [-0.3, -0.25) is 5.41 Å². The fraction of sp³-hybridized carbons (Fsp3) is 0. The second-order valence-electron chi connectivity index (χ2n) is 13.5. The number of fused-ring (bicyclic) bond motifs is 8. The zero-order valence-corrected chi connectivity index (χ0v) is 29.6. The van der Waals surface area contributed by atoms with Crippen LogP contribution in [-0.2, 0) is 0 Å². The minimum Gasteiger partial charge on any atom is -0.282 e. The van der Waals surface area contributed by atoms with Crippen molar-refractivity contribution in [2.45, 2.75) is 0 Å². The summed E-state index contributed by atoms with van der Waals surface area (Å²) in [5, 5.41) is 21.3. The minimum absolute atomic E-state index is 0.238. The number of allylic oxidation sites excluding steroid dienone is 1. The maximum Gasteiger partial charge on any atom is 0.152 e. The number of aliphatic imine (C=N–C) groups is 1. The van der Waals surface area contributed by atoms with Gasteiger partial charge in [0.1, 0.15) is 0 Å². The van der Waals surface area contributed by atoms with E-state index >= 15 is 0 Å². The molecule has 10 aromatic rings. The molecule has 1 N–H and O–H groups in total. The van der Waals surface area contributed by atoms with Gasteiger partial charge in [0.2, 0.25) is 0 Å². The quantitative estimate of drug-likeness (QED) is 0.0807. The van der Waals surface area contributed by atoms with Crippen LogP contribution in [0.2, 0.25) is 0 Å². The van der Waals surface area contributed by atoms with Gasteiger partial charge >= 0.3 is 0 Å².